The van der Waals surface area contributed by atoms with Crippen LogP contribution in [-0.2, 0) is 0 Å². The second-order valence-corrected chi connectivity index (χ2v) is 5.75. The molecule has 5 nitrogen and oxygen atoms in total. The number of hydrogen-bond donors (Lipinski definition) is 2. The highest BCUT2D eigenvalue weighted by Crippen LogP contribution is 2.31. The number of nitrogens with one attached hydrogen (secondary N) is 1. The summed E-state index contributed by atoms with van der Waals surface area (Å²) in [6.45, 7) is 3.71. The van der Waals surface area contributed by atoms with Gasteiger partial charge in [-0.15, -0.1) is 24.0 Å². The Kier molecular flexibility index (Phi) is 7.36. The highest BCUT2D eigenvalue weighted by molar-refractivity contribution is 14.0. The van der Waals surface area contributed by atoms with E-state index in [1.54, 1.807) is 0 Å². The number of nitrogens with two attached hydrogens (primary N) is 1. The number of guanidine groups is 1. The molecule has 0 saturated heterocycles. The highest BCUT2D eigenvalue weighted by atomic mass is 127. The molecule has 2 aromatic rings. The second kappa shape index (κ2) is 9.50. The number of fused-ring (bicyclic) bond motifs is 1. The number of aliphatic imine (C=N–C) groups is 1. The van der Waals surface area contributed by atoms with Crippen molar-refractivity contribution in [3.8, 4) is 11.5 Å². The zero-order chi connectivity index (χ0) is 16.8. The average molecular weight is 453 g/mol. The quantitative estimate of drug-likeness (QED) is 0.315. The summed E-state index contributed by atoms with van der Waals surface area (Å²) >= 11 is 0. The van der Waals surface area contributed by atoms with Crippen LogP contribution in [0.25, 0.3) is 0 Å². The molecular weight excluding hydrogens is 429 g/mol. The molecule has 0 spiro atoms. The van der Waals surface area contributed by atoms with Crippen molar-refractivity contribution in [2.75, 3.05) is 19.8 Å². The Labute approximate surface area is 165 Å². The number of aryl methyl sites for hydroxylation is 1. The van der Waals surface area contributed by atoms with Crippen molar-refractivity contribution in [3.05, 3.63) is 59.7 Å². The van der Waals surface area contributed by atoms with Crippen LogP contribution >= 0.6 is 24.0 Å². The van der Waals surface area contributed by atoms with Crippen LogP contribution in [-0.4, -0.2) is 25.7 Å². The van der Waals surface area contributed by atoms with Crippen LogP contribution in [0.3, 0.4) is 0 Å². The van der Waals surface area contributed by atoms with Crippen LogP contribution in [0.5, 0.6) is 11.5 Å². The van der Waals surface area contributed by atoms with Crippen molar-refractivity contribution < 1.29 is 9.47 Å². The Bertz CT molecular complexity index is 721. The average Bonchev–Trinajstić information content (AvgIpc) is 2.60. The molecule has 1 heterocycles. The van der Waals surface area contributed by atoms with Crippen molar-refractivity contribution in [3.63, 3.8) is 0 Å². The van der Waals surface area contributed by atoms with E-state index in [4.69, 9.17) is 15.2 Å². The molecule has 3 N–H and O–H groups in total. The normalized spacial score (nSPS) is 16.2. The molecule has 0 amide bonds. The van der Waals surface area contributed by atoms with Gasteiger partial charge in [-0.3, -0.25) is 0 Å². The predicted molar refractivity (Wildman–Crippen MR) is 111 cm³/mol. The molecule has 0 radical (unpaired) electrons. The van der Waals surface area contributed by atoms with Gasteiger partial charge in [-0.05, 0) is 24.6 Å². The van der Waals surface area contributed by atoms with Crippen LogP contribution in [0.2, 0.25) is 0 Å². The van der Waals surface area contributed by atoms with Crippen LogP contribution in [0.4, 0.5) is 0 Å². The maximum absolute atomic E-state index is 6.01. The van der Waals surface area contributed by atoms with Gasteiger partial charge < -0.3 is 20.5 Å². The summed E-state index contributed by atoms with van der Waals surface area (Å²) in [5.74, 6) is 2.24. The second-order valence-electron chi connectivity index (χ2n) is 5.75. The minimum Gasteiger partial charge on any atom is -0.493 e. The van der Waals surface area contributed by atoms with Gasteiger partial charge in [0, 0.05) is 12.0 Å². The summed E-state index contributed by atoms with van der Waals surface area (Å²) in [7, 11) is 0. The van der Waals surface area contributed by atoms with E-state index in [1.165, 1.54) is 0 Å². The fraction of sp³-hybridized carbons (Fsp3) is 0.316. The van der Waals surface area contributed by atoms with E-state index in [-0.39, 0.29) is 30.0 Å². The smallest absolute Gasteiger partial charge is 0.189 e. The number of benzene rings is 2. The first-order valence-electron chi connectivity index (χ1n) is 8.20. The van der Waals surface area contributed by atoms with Crippen molar-refractivity contribution in [1.29, 1.82) is 0 Å². The standard InChI is InChI=1S/C19H23N3O2.HI/c1-14-6-2-4-8-17(14)24-13-11-21-19(20)22-16-10-12-23-18-9-5-3-7-15(16)18;/h2-9,16H,10-13H2,1H3,(H3,20,21,22);1H. The van der Waals surface area contributed by atoms with Crippen LogP contribution in [0, 0.1) is 6.92 Å². The third kappa shape index (κ3) is 5.26. The van der Waals surface area contributed by atoms with E-state index in [0.717, 1.165) is 29.0 Å². The molecule has 0 saturated carbocycles. The molecule has 2 aromatic carbocycles. The summed E-state index contributed by atoms with van der Waals surface area (Å²) in [5.41, 5.74) is 8.25. The van der Waals surface area contributed by atoms with Crippen LogP contribution in [0.15, 0.2) is 53.5 Å². The van der Waals surface area contributed by atoms with Gasteiger partial charge >= 0.3 is 0 Å². The molecule has 1 atom stereocenters. The summed E-state index contributed by atoms with van der Waals surface area (Å²) in [6.07, 6.45) is 0.868. The molecule has 134 valence electrons. The maximum atomic E-state index is 6.01. The van der Waals surface area contributed by atoms with Crippen LogP contribution < -0.4 is 20.5 Å². The zero-order valence-corrected chi connectivity index (χ0v) is 16.6. The van der Waals surface area contributed by atoms with Crippen molar-refractivity contribution >= 4 is 29.9 Å². The lowest BCUT2D eigenvalue weighted by Gasteiger charge is -2.26. The van der Waals surface area contributed by atoms with Gasteiger partial charge in [-0.25, -0.2) is 4.99 Å². The summed E-state index contributed by atoms with van der Waals surface area (Å²) in [4.78, 5) is 4.35. The fourth-order valence-corrected chi connectivity index (χ4v) is 2.76. The SMILES string of the molecule is Cc1ccccc1OCCN=C(N)NC1CCOc2ccccc21.I. The van der Waals surface area contributed by atoms with Crippen LogP contribution in [0.1, 0.15) is 23.6 Å². The minimum absolute atomic E-state index is 0. The monoisotopic (exact) mass is 453 g/mol. The highest BCUT2D eigenvalue weighted by Gasteiger charge is 2.21. The topological polar surface area (TPSA) is 68.9 Å². The molecule has 1 aliphatic rings. The van der Waals surface area contributed by atoms with E-state index in [2.05, 4.69) is 16.4 Å². The lowest BCUT2D eigenvalue weighted by Crippen LogP contribution is -2.37. The molecule has 0 aromatic heterocycles. The largest absolute Gasteiger partial charge is 0.493 e. The van der Waals surface area contributed by atoms with Gasteiger partial charge in [0.05, 0.1) is 19.2 Å². The Morgan fingerprint density at radius 1 is 1.24 bits per heavy atom. The lowest BCUT2D eigenvalue weighted by molar-refractivity contribution is 0.262. The molecule has 6 heteroatoms. The molecule has 0 fully saturated rings. The minimum atomic E-state index is 0. The predicted octanol–water partition coefficient (Wildman–Crippen LogP) is 3.42. The number of halogens is 1. The number of nitrogens with zero attached hydrogens (tertiary/aromatic N) is 1. The summed E-state index contributed by atoms with van der Waals surface area (Å²) in [6, 6.07) is 16.1. The first-order valence-corrected chi connectivity index (χ1v) is 8.20. The molecular formula is C19H24IN3O2. The van der Waals surface area contributed by atoms with E-state index >= 15 is 0 Å². The van der Waals surface area contributed by atoms with E-state index < -0.39 is 0 Å². The van der Waals surface area contributed by atoms with Gasteiger partial charge in [0.1, 0.15) is 18.1 Å². The van der Waals surface area contributed by atoms with Crippen molar-refractivity contribution in [2.45, 2.75) is 19.4 Å². The van der Waals surface area contributed by atoms with Crippen molar-refractivity contribution in [1.82, 2.24) is 5.32 Å². The Balaban J connectivity index is 0.00000225. The van der Waals surface area contributed by atoms with E-state index in [1.807, 2.05) is 49.4 Å². The number of ether oxygens (including phenoxy) is 2. The number of hydrogen-bond acceptors (Lipinski definition) is 3. The summed E-state index contributed by atoms with van der Waals surface area (Å²) < 4.78 is 11.4. The number of rotatable bonds is 5. The maximum Gasteiger partial charge on any atom is 0.189 e. The lowest BCUT2D eigenvalue weighted by atomic mass is 10.0. The first kappa shape index (κ1) is 19.4. The third-order valence-corrected chi connectivity index (χ3v) is 4.01. The van der Waals surface area contributed by atoms with E-state index in [0.29, 0.717) is 25.7 Å². The molecule has 1 unspecified atom stereocenters. The fourth-order valence-electron chi connectivity index (χ4n) is 2.76. The molecule has 3 rings (SSSR count). The number of para-hydroxylation sites is 2. The van der Waals surface area contributed by atoms with Gasteiger partial charge in [0.15, 0.2) is 5.96 Å². The van der Waals surface area contributed by atoms with E-state index in [9.17, 15) is 0 Å². The molecule has 1 aliphatic heterocycles. The Hall–Kier alpha value is -1.96. The molecule has 0 bridgehead atoms. The first-order chi connectivity index (χ1) is 11.7. The molecule has 25 heavy (non-hydrogen) atoms. The van der Waals surface area contributed by atoms with Gasteiger partial charge in [-0.2, -0.15) is 0 Å². The Morgan fingerprint density at radius 3 is 2.84 bits per heavy atom. The Morgan fingerprint density at radius 2 is 2.00 bits per heavy atom. The van der Waals surface area contributed by atoms with Gasteiger partial charge in [-0.1, -0.05) is 36.4 Å². The third-order valence-electron chi connectivity index (χ3n) is 4.01. The zero-order valence-electron chi connectivity index (χ0n) is 14.3. The van der Waals surface area contributed by atoms with Gasteiger partial charge in [0.2, 0.25) is 0 Å². The van der Waals surface area contributed by atoms with Gasteiger partial charge in [0.25, 0.3) is 0 Å². The van der Waals surface area contributed by atoms with Crippen molar-refractivity contribution in [2.24, 2.45) is 10.7 Å². The molecule has 0 aliphatic carbocycles. The summed E-state index contributed by atoms with van der Waals surface area (Å²) in [5, 5.41) is 3.28.